The van der Waals surface area contributed by atoms with Crippen molar-refractivity contribution in [3.05, 3.63) is 23.8 Å². The molecule has 1 aliphatic rings. The summed E-state index contributed by atoms with van der Waals surface area (Å²) in [4.78, 5) is 12.7. The Morgan fingerprint density at radius 2 is 1.16 bits per heavy atom. The number of nitrogens with two attached hydrogens (primary N) is 1. The zero-order valence-electron chi connectivity index (χ0n) is 19.5. The Morgan fingerprint density at radius 3 is 1.75 bits per heavy atom. The van der Waals surface area contributed by atoms with E-state index in [-0.39, 0.29) is 5.78 Å². The molecule has 32 heavy (non-hydrogen) atoms. The van der Waals surface area contributed by atoms with E-state index >= 15 is 0 Å². The first-order chi connectivity index (χ1) is 15.8. The van der Waals surface area contributed by atoms with Crippen LogP contribution in [-0.4, -0.2) is 65.2 Å². The van der Waals surface area contributed by atoms with Gasteiger partial charge in [0.1, 0.15) is 13.2 Å². The third kappa shape index (κ3) is 11.8. The van der Waals surface area contributed by atoms with Crippen LogP contribution in [0.5, 0.6) is 11.5 Å². The molecule has 0 unspecified atom stereocenters. The summed E-state index contributed by atoms with van der Waals surface area (Å²) in [6.07, 6.45) is 9.87. The third-order valence-electron chi connectivity index (χ3n) is 5.34. The lowest BCUT2D eigenvalue weighted by atomic mass is 10.0. The fourth-order valence-electron chi connectivity index (χ4n) is 3.51. The van der Waals surface area contributed by atoms with Crippen LogP contribution in [0.25, 0.3) is 0 Å². The Kier molecular flexibility index (Phi) is 14.8. The maximum Gasteiger partial charge on any atom is 0.163 e. The van der Waals surface area contributed by atoms with Crippen molar-refractivity contribution in [2.75, 3.05) is 59.4 Å². The molecule has 0 saturated heterocycles. The topological polar surface area (TPSA) is 89.2 Å². The number of unbranched alkanes of at least 4 members (excludes halogenated alkanes) is 7. The minimum atomic E-state index is 0.145. The summed E-state index contributed by atoms with van der Waals surface area (Å²) in [5.74, 6) is 1.33. The first-order valence-corrected chi connectivity index (χ1v) is 12.2. The fourth-order valence-corrected chi connectivity index (χ4v) is 3.51. The Balaban J connectivity index is 1.78. The van der Waals surface area contributed by atoms with Gasteiger partial charge in [0.15, 0.2) is 17.3 Å². The predicted molar refractivity (Wildman–Crippen MR) is 125 cm³/mol. The summed E-state index contributed by atoms with van der Waals surface area (Å²) in [6.45, 7) is 4.60. The van der Waals surface area contributed by atoms with E-state index in [1.165, 1.54) is 32.1 Å². The number of fused-ring (bicyclic) bond motifs is 1. The van der Waals surface area contributed by atoms with E-state index in [0.717, 1.165) is 25.8 Å². The van der Waals surface area contributed by atoms with E-state index in [0.29, 0.717) is 76.3 Å². The summed E-state index contributed by atoms with van der Waals surface area (Å²) >= 11 is 0. The van der Waals surface area contributed by atoms with Gasteiger partial charge >= 0.3 is 0 Å². The Bertz CT molecular complexity index is 624. The van der Waals surface area contributed by atoms with Crippen LogP contribution in [0.3, 0.4) is 0 Å². The molecule has 1 aliphatic heterocycles. The second kappa shape index (κ2) is 17.8. The van der Waals surface area contributed by atoms with Crippen molar-refractivity contribution >= 4 is 5.78 Å². The van der Waals surface area contributed by atoms with E-state index in [1.54, 1.807) is 6.07 Å². The predicted octanol–water partition coefficient (Wildman–Crippen LogP) is 4.16. The molecule has 1 heterocycles. The maximum absolute atomic E-state index is 12.7. The molecule has 7 heteroatoms. The first kappa shape index (κ1) is 26.6. The summed E-state index contributed by atoms with van der Waals surface area (Å²) < 4.78 is 28.1. The average molecular weight is 452 g/mol. The number of Topliss-reactive ketones (excluding diaryl/α,β-unsaturated/α-hetero) is 1. The van der Waals surface area contributed by atoms with Gasteiger partial charge in [-0.25, -0.2) is 0 Å². The van der Waals surface area contributed by atoms with Gasteiger partial charge in [-0.2, -0.15) is 0 Å². The smallest absolute Gasteiger partial charge is 0.163 e. The molecule has 0 spiro atoms. The van der Waals surface area contributed by atoms with Crippen molar-refractivity contribution < 1.29 is 28.5 Å². The van der Waals surface area contributed by atoms with Crippen LogP contribution >= 0.6 is 0 Å². The van der Waals surface area contributed by atoms with Crippen molar-refractivity contribution in [2.24, 2.45) is 5.73 Å². The number of carbonyl (C=O) groups excluding carboxylic acids is 1. The Morgan fingerprint density at radius 1 is 0.656 bits per heavy atom. The van der Waals surface area contributed by atoms with E-state index in [2.05, 4.69) is 0 Å². The quantitative estimate of drug-likeness (QED) is 0.399. The van der Waals surface area contributed by atoms with Crippen LogP contribution in [0, 0.1) is 0 Å². The molecular formula is C25H41NO6. The molecule has 0 saturated carbocycles. The van der Waals surface area contributed by atoms with Crippen molar-refractivity contribution in [3.8, 4) is 11.5 Å². The van der Waals surface area contributed by atoms with Crippen LogP contribution in [0.2, 0.25) is 0 Å². The fraction of sp³-hybridized carbons (Fsp3) is 0.720. The molecule has 182 valence electrons. The first-order valence-electron chi connectivity index (χ1n) is 12.2. The number of hydrogen-bond acceptors (Lipinski definition) is 7. The molecule has 0 fully saturated rings. The highest BCUT2D eigenvalue weighted by Crippen LogP contribution is 2.29. The molecule has 0 amide bonds. The minimum Gasteiger partial charge on any atom is -0.487 e. The normalized spacial score (nSPS) is 16.2. The van der Waals surface area contributed by atoms with Gasteiger partial charge in [-0.05, 0) is 37.6 Å². The van der Waals surface area contributed by atoms with Crippen LogP contribution < -0.4 is 15.2 Å². The van der Waals surface area contributed by atoms with E-state index < -0.39 is 0 Å². The van der Waals surface area contributed by atoms with Crippen LogP contribution in [0.15, 0.2) is 18.2 Å². The number of ketones is 1. The number of ether oxygens (including phenoxy) is 5. The van der Waals surface area contributed by atoms with Gasteiger partial charge in [0, 0.05) is 12.0 Å². The minimum absolute atomic E-state index is 0.145. The van der Waals surface area contributed by atoms with Gasteiger partial charge < -0.3 is 29.4 Å². The standard InChI is InChI=1S/C25H41NO6/c26-12-8-6-4-2-1-3-5-7-9-23(27)22-10-11-24-25(21-22)32-20-18-30-16-14-28-13-15-29-17-19-31-24/h10-11,21H,1-9,12-20,26H2. The number of rotatable bonds is 11. The van der Waals surface area contributed by atoms with Crippen molar-refractivity contribution in [3.63, 3.8) is 0 Å². The van der Waals surface area contributed by atoms with Gasteiger partial charge in [-0.1, -0.05) is 38.5 Å². The van der Waals surface area contributed by atoms with Crippen molar-refractivity contribution in [1.29, 1.82) is 0 Å². The molecule has 2 rings (SSSR count). The zero-order valence-corrected chi connectivity index (χ0v) is 19.5. The molecule has 1 aromatic rings. The van der Waals surface area contributed by atoms with Gasteiger partial charge in [0.25, 0.3) is 0 Å². The van der Waals surface area contributed by atoms with Crippen molar-refractivity contribution in [2.45, 2.75) is 57.8 Å². The Labute approximate surface area is 192 Å². The monoisotopic (exact) mass is 451 g/mol. The lowest BCUT2D eigenvalue weighted by Crippen LogP contribution is -2.13. The van der Waals surface area contributed by atoms with Gasteiger partial charge in [-0.3, -0.25) is 4.79 Å². The third-order valence-corrected chi connectivity index (χ3v) is 5.34. The molecule has 0 aliphatic carbocycles. The van der Waals surface area contributed by atoms with Crippen LogP contribution in [0.1, 0.15) is 68.1 Å². The number of carbonyl (C=O) groups is 1. The average Bonchev–Trinajstić information content (AvgIpc) is 2.81. The highest BCUT2D eigenvalue weighted by Gasteiger charge is 2.12. The molecule has 0 aromatic heterocycles. The van der Waals surface area contributed by atoms with Crippen LogP contribution in [0.4, 0.5) is 0 Å². The molecule has 2 N–H and O–H groups in total. The van der Waals surface area contributed by atoms with Gasteiger partial charge in [-0.15, -0.1) is 0 Å². The summed E-state index contributed by atoms with van der Waals surface area (Å²) in [7, 11) is 0. The largest absolute Gasteiger partial charge is 0.487 e. The van der Waals surface area contributed by atoms with E-state index in [9.17, 15) is 4.79 Å². The molecule has 1 aromatic carbocycles. The number of benzene rings is 1. The second-order valence-corrected chi connectivity index (χ2v) is 7.99. The zero-order chi connectivity index (χ0) is 22.7. The molecule has 7 nitrogen and oxygen atoms in total. The summed E-state index contributed by atoms with van der Waals surface area (Å²) in [5.41, 5.74) is 6.18. The number of hydrogen-bond donors (Lipinski definition) is 1. The highest BCUT2D eigenvalue weighted by atomic mass is 16.6. The summed E-state index contributed by atoms with van der Waals surface area (Å²) in [5, 5.41) is 0. The molecular weight excluding hydrogens is 410 g/mol. The van der Waals surface area contributed by atoms with Crippen LogP contribution in [-0.2, 0) is 14.2 Å². The molecule has 0 radical (unpaired) electrons. The Hall–Kier alpha value is -1.67. The van der Waals surface area contributed by atoms with Crippen molar-refractivity contribution in [1.82, 2.24) is 0 Å². The summed E-state index contributed by atoms with van der Waals surface area (Å²) in [6, 6.07) is 5.42. The van der Waals surface area contributed by atoms with E-state index in [4.69, 9.17) is 29.4 Å². The van der Waals surface area contributed by atoms with Gasteiger partial charge in [0.05, 0.1) is 39.6 Å². The second-order valence-electron chi connectivity index (χ2n) is 7.99. The lowest BCUT2D eigenvalue weighted by Gasteiger charge is -2.14. The SMILES string of the molecule is NCCCCCCCCCCC(=O)c1ccc2c(c1)OCCOCCOCCOCCO2. The lowest BCUT2D eigenvalue weighted by molar-refractivity contribution is 0.00708. The molecule has 0 atom stereocenters. The highest BCUT2D eigenvalue weighted by molar-refractivity contribution is 5.96. The van der Waals surface area contributed by atoms with E-state index in [1.807, 2.05) is 12.1 Å². The maximum atomic E-state index is 12.7. The molecule has 0 bridgehead atoms. The van der Waals surface area contributed by atoms with Gasteiger partial charge in [0.2, 0.25) is 0 Å².